The van der Waals surface area contributed by atoms with Gasteiger partial charge in [-0.1, -0.05) is 6.08 Å². The van der Waals surface area contributed by atoms with Crippen LogP contribution in [0.3, 0.4) is 0 Å². The molecule has 2 rings (SSSR count). The second kappa shape index (κ2) is 19.4. The Morgan fingerprint density at radius 2 is 1.33 bits per heavy atom. The molecule has 0 radical (unpaired) electrons. The summed E-state index contributed by atoms with van der Waals surface area (Å²) in [6.07, 6.45) is -17.0. The standard InChI is InChI=1S/C25H40N2O17.2Na/c1-4-5-41-24(22(37)38)6-12(32)17(27-11(3)31)21(43-24)19(36)15(9-29)42-25(23(39)40)7-13(33)16(26-10(2)30)20(44-25)18(35)14(34)8-28;;/h4,12-21,28-29,32-36H,1,5-9H2,2-3H3,(H,26,30)(H,27,31)(H,37,38)(H,39,40);;/q;2*+1/p-2/t12-,13-,14+,15+,16+,17+,18-,19+,20+,21+,24+,25+;;/m0../s1. The molecule has 21 heteroatoms. The van der Waals surface area contributed by atoms with Gasteiger partial charge in [0.05, 0.1) is 32.0 Å². The Morgan fingerprint density at radius 1 is 0.891 bits per heavy atom. The van der Waals surface area contributed by atoms with E-state index < -0.39 is 129 Å². The van der Waals surface area contributed by atoms with Crippen molar-refractivity contribution in [2.24, 2.45) is 9.98 Å². The molecular weight excluding hydrogens is 646 g/mol. The van der Waals surface area contributed by atoms with Gasteiger partial charge in [0.1, 0.15) is 48.7 Å². The number of ether oxygens (including phenoxy) is 4. The van der Waals surface area contributed by atoms with E-state index in [1.54, 1.807) is 0 Å². The number of aliphatic hydroxyl groups is 7. The fourth-order valence-electron chi connectivity index (χ4n) is 4.94. The van der Waals surface area contributed by atoms with E-state index in [9.17, 15) is 65.8 Å². The van der Waals surface area contributed by atoms with Crippen LogP contribution in [0, 0.1) is 0 Å². The van der Waals surface area contributed by atoms with E-state index in [-0.39, 0.29) is 59.1 Å². The number of aliphatic hydroxyl groups excluding tert-OH is 7. The zero-order valence-corrected chi connectivity index (χ0v) is 29.8. The van der Waals surface area contributed by atoms with Gasteiger partial charge >= 0.3 is 71.1 Å². The van der Waals surface area contributed by atoms with Crippen molar-refractivity contribution in [1.82, 2.24) is 0 Å². The molecule has 9 N–H and O–H groups in total. The minimum Gasteiger partial charge on any atom is -0.862 e. The fraction of sp³-hybridized carbons (Fsp3) is 0.760. The van der Waals surface area contributed by atoms with Gasteiger partial charge in [0.15, 0.2) is 0 Å². The first-order valence-corrected chi connectivity index (χ1v) is 13.3. The van der Waals surface area contributed by atoms with Crippen LogP contribution in [-0.4, -0.2) is 162 Å². The topological polar surface area (TPSA) is 324 Å². The van der Waals surface area contributed by atoms with Crippen LogP contribution in [-0.2, 0) is 28.5 Å². The van der Waals surface area contributed by atoms with E-state index >= 15 is 0 Å². The number of hydrogen-bond acceptors (Lipinski definition) is 17. The first kappa shape index (κ1) is 45.2. The van der Waals surface area contributed by atoms with Crippen LogP contribution in [0.5, 0.6) is 0 Å². The maximum absolute atomic E-state index is 12.5. The maximum atomic E-state index is 12.5. The minimum atomic E-state index is -3.05. The monoisotopic (exact) mass is 684 g/mol. The number of rotatable bonds is 15. The van der Waals surface area contributed by atoms with Crippen molar-refractivity contribution < 1.29 is 144 Å². The van der Waals surface area contributed by atoms with Crippen LogP contribution in [0.2, 0.25) is 0 Å². The van der Waals surface area contributed by atoms with E-state index in [0.29, 0.717) is 0 Å². The van der Waals surface area contributed by atoms with Crippen molar-refractivity contribution in [3.63, 3.8) is 0 Å². The Kier molecular flexibility index (Phi) is 19.0. The molecule has 252 valence electrons. The third-order valence-electron chi connectivity index (χ3n) is 6.98. The van der Waals surface area contributed by atoms with E-state index in [4.69, 9.17) is 18.9 Å². The summed E-state index contributed by atoms with van der Waals surface area (Å²) in [6.45, 7) is 2.62. The summed E-state index contributed by atoms with van der Waals surface area (Å²) in [5.41, 5.74) is 0. The summed E-state index contributed by atoms with van der Waals surface area (Å²) in [5, 5.41) is 116. The van der Waals surface area contributed by atoms with Crippen molar-refractivity contribution in [2.45, 2.75) is 99.2 Å². The van der Waals surface area contributed by atoms with Crippen molar-refractivity contribution in [3.05, 3.63) is 12.7 Å². The Bertz CT molecular complexity index is 1080. The summed E-state index contributed by atoms with van der Waals surface area (Å²) in [6, 6.07) is -3.36. The summed E-state index contributed by atoms with van der Waals surface area (Å²) in [5.74, 6) is -11.2. The molecule has 19 nitrogen and oxygen atoms in total. The number of aliphatic imine (C=N–C) groups is 2. The van der Waals surface area contributed by atoms with Gasteiger partial charge < -0.3 is 75.1 Å². The van der Waals surface area contributed by atoms with Crippen molar-refractivity contribution in [3.8, 4) is 0 Å². The molecule has 0 unspecified atom stereocenters. The van der Waals surface area contributed by atoms with Gasteiger partial charge in [-0.3, -0.25) is 9.98 Å². The zero-order valence-electron chi connectivity index (χ0n) is 25.8. The molecule has 0 saturated carbocycles. The Balaban J connectivity index is 0.0000101. The van der Waals surface area contributed by atoms with Crippen molar-refractivity contribution >= 4 is 23.7 Å². The number of carboxylic acids is 2. The second-order valence-corrected chi connectivity index (χ2v) is 10.3. The first-order chi connectivity index (χ1) is 20.5. The van der Waals surface area contributed by atoms with Gasteiger partial charge in [0, 0.05) is 12.8 Å². The van der Waals surface area contributed by atoms with Gasteiger partial charge in [-0.15, -0.1) is 6.58 Å². The molecule has 0 aromatic carbocycles. The average molecular weight is 685 g/mol. The fourth-order valence-corrected chi connectivity index (χ4v) is 4.94. The van der Waals surface area contributed by atoms with Gasteiger partial charge in [0.2, 0.25) is 0 Å². The second-order valence-electron chi connectivity index (χ2n) is 10.3. The van der Waals surface area contributed by atoms with Crippen LogP contribution in [0.15, 0.2) is 22.6 Å². The Morgan fingerprint density at radius 3 is 1.72 bits per heavy atom. The predicted molar refractivity (Wildman–Crippen MR) is 139 cm³/mol. The molecular formula is C25H38N2Na2O17. The summed E-state index contributed by atoms with van der Waals surface area (Å²) < 4.78 is 21.7. The van der Waals surface area contributed by atoms with Gasteiger partial charge in [-0.25, -0.2) is 9.59 Å². The molecule has 0 bridgehead atoms. The van der Waals surface area contributed by atoms with E-state index in [1.165, 1.54) is 0 Å². The Labute approximate surface area is 307 Å². The van der Waals surface area contributed by atoms with Crippen LogP contribution in [0.1, 0.15) is 26.7 Å². The molecule has 0 aromatic heterocycles. The third kappa shape index (κ3) is 10.6. The molecule has 2 fully saturated rings. The maximum Gasteiger partial charge on any atom is 1.00 e. The number of carboxylic acid groups (broad SMARTS) is 2. The number of aliphatic carboxylic acids is 2. The number of hydrogen-bond donors (Lipinski definition) is 9. The number of carbonyl (C=O) groups is 2. The van der Waals surface area contributed by atoms with Crippen LogP contribution in [0.25, 0.3) is 0 Å². The molecule has 2 saturated heterocycles. The quantitative estimate of drug-likeness (QED) is 0.0335. The van der Waals surface area contributed by atoms with Crippen molar-refractivity contribution in [2.75, 3.05) is 19.8 Å². The van der Waals surface area contributed by atoms with Crippen LogP contribution in [0.4, 0.5) is 0 Å². The normalized spacial score (nSPS) is 34.6. The van der Waals surface area contributed by atoms with Gasteiger partial charge in [0.25, 0.3) is 11.6 Å². The zero-order chi connectivity index (χ0) is 33.6. The number of nitrogens with zero attached hydrogens (tertiary/aromatic N) is 2. The van der Waals surface area contributed by atoms with Crippen molar-refractivity contribution in [1.29, 1.82) is 0 Å². The molecule has 46 heavy (non-hydrogen) atoms. The minimum absolute atomic E-state index is 0. The van der Waals surface area contributed by atoms with Crippen LogP contribution < -0.4 is 69.3 Å². The van der Waals surface area contributed by atoms with Gasteiger partial charge in [-0.2, -0.15) is 0 Å². The van der Waals surface area contributed by atoms with Crippen LogP contribution >= 0.6 is 0 Å². The average Bonchev–Trinajstić information content (AvgIpc) is 2.95. The Hall–Kier alpha value is -0.820. The summed E-state index contributed by atoms with van der Waals surface area (Å²) in [7, 11) is 0. The summed E-state index contributed by atoms with van der Waals surface area (Å²) >= 11 is 0. The molecule has 2 heterocycles. The van der Waals surface area contributed by atoms with E-state index in [2.05, 4.69) is 16.6 Å². The molecule has 2 aliphatic rings. The van der Waals surface area contributed by atoms with E-state index in [1.807, 2.05) is 0 Å². The predicted octanol–water partition coefficient (Wildman–Crippen LogP) is -12.2. The summed E-state index contributed by atoms with van der Waals surface area (Å²) in [4.78, 5) is 31.9. The van der Waals surface area contributed by atoms with Gasteiger partial charge in [-0.05, 0) is 25.6 Å². The SMILES string of the molecule is C=CCO[C@]1(C(=O)O)C[C@H](O)[C@@H](N=C(C)[O-])[C@H]([C@H](O)[C@@H](CO)O[C@]2(C(=O)O)C[C@H](O)[C@@H](N=C(C)[O-])[C@H]([C@@H](O)[C@H](O)CO)O2)O1.[Na+].[Na+]. The molecule has 2 aliphatic heterocycles. The molecule has 0 amide bonds. The molecule has 12 atom stereocenters. The largest absolute Gasteiger partial charge is 1.00 e. The molecule has 0 spiro atoms. The first-order valence-electron chi connectivity index (χ1n) is 13.3. The third-order valence-corrected chi connectivity index (χ3v) is 6.98. The molecule has 0 aromatic rings. The molecule has 0 aliphatic carbocycles. The smallest absolute Gasteiger partial charge is 0.862 e. The van der Waals surface area contributed by atoms with E-state index in [0.717, 1.165) is 19.9 Å².